The molecule has 0 aliphatic heterocycles. The molecule has 0 heterocycles. The highest BCUT2D eigenvalue weighted by molar-refractivity contribution is 4.68. The Balaban J connectivity index is 3.09. The van der Waals surface area contributed by atoms with Crippen molar-refractivity contribution < 1.29 is 0 Å². The number of rotatable bonds is 6. The van der Waals surface area contributed by atoms with Gasteiger partial charge in [-0.25, -0.2) is 0 Å². The summed E-state index contributed by atoms with van der Waals surface area (Å²) in [7, 11) is 0. The Morgan fingerprint density at radius 1 is 1.08 bits per heavy atom. The van der Waals surface area contributed by atoms with Gasteiger partial charge in [0.2, 0.25) is 0 Å². The summed E-state index contributed by atoms with van der Waals surface area (Å²) in [5.41, 5.74) is 0.526. The van der Waals surface area contributed by atoms with E-state index in [4.69, 9.17) is 0 Å². The first-order chi connectivity index (χ1) is 5.92. The molecule has 0 aromatic rings. The summed E-state index contributed by atoms with van der Waals surface area (Å²) >= 11 is 0. The molecule has 0 saturated carbocycles. The lowest BCUT2D eigenvalue weighted by atomic mass is 9.89. The Hall–Kier alpha value is 0. The topological polar surface area (TPSA) is 0 Å². The van der Waals surface area contributed by atoms with Gasteiger partial charge >= 0.3 is 0 Å². The highest BCUT2D eigenvalue weighted by atomic mass is 14.1. The molecule has 0 aromatic carbocycles. The molecule has 0 unspecified atom stereocenters. The van der Waals surface area contributed by atoms with Crippen LogP contribution in [0.15, 0.2) is 0 Å². The summed E-state index contributed by atoms with van der Waals surface area (Å²) in [5, 5.41) is 0. The summed E-state index contributed by atoms with van der Waals surface area (Å²) in [6, 6.07) is 0. The Kier molecular flexibility index (Phi) is 6.45. The molecule has 0 amide bonds. The summed E-state index contributed by atoms with van der Waals surface area (Å²) < 4.78 is 0. The first kappa shape index (κ1) is 13.0. The van der Waals surface area contributed by atoms with Crippen LogP contribution in [0, 0.1) is 17.8 Å². The lowest BCUT2D eigenvalue weighted by molar-refractivity contribution is 0.359. The first-order valence-electron chi connectivity index (χ1n) is 5.73. The molecule has 0 aromatic heterocycles. The van der Waals surface area contributed by atoms with Gasteiger partial charge in [0.05, 0.1) is 0 Å². The van der Waals surface area contributed by atoms with Crippen LogP contribution in [0.1, 0.15) is 66.7 Å². The smallest absolute Gasteiger partial charge is 0.0383 e. The average Bonchev–Trinajstić information content (AvgIpc) is 1.93. The molecule has 79 valence electrons. The van der Waals surface area contributed by atoms with Crippen molar-refractivity contribution in [3.63, 3.8) is 0 Å². The second-order valence-electron chi connectivity index (χ2n) is 5.72. The Morgan fingerprint density at radius 3 is 2.15 bits per heavy atom. The van der Waals surface area contributed by atoms with E-state index in [1.165, 1.54) is 32.1 Å². The standard InChI is InChI=1S/C13H27/c1-12(2)10-8-6-7-9-11-13(3,4)5/h8,12H,6-7,9-11H2,1-5H3. The number of hydrogen-bond donors (Lipinski definition) is 0. The molecule has 0 fully saturated rings. The van der Waals surface area contributed by atoms with Crippen LogP contribution >= 0.6 is 0 Å². The van der Waals surface area contributed by atoms with Crippen molar-refractivity contribution in [3.8, 4) is 0 Å². The average molecular weight is 183 g/mol. The van der Waals surface area contributed by atoms with Crippen LogP contribution in [0.3, 0.4) is 0 Å². The number of hydrogen-bond acceptors (Lipinski definition) is 0. The molecule has 0 aliphatic rings. The maximum absolute atomic E-state index is 2.45. The predicted molar refractivity (Wildman–Crippen MR) is 61.7 cm³/mol. The number of unbranched alkanes of at least 4 members (excludes halogenated alkanes) is 3. The molecule has 0 nitrogen and oxygen atoms in total. The molecule has 0 spiro atoms. The minimum absolute atomic E-state index is 0.526. The molecule has 0 saturated heterocycles. The van der Waals surface area contributed by atoms with E-state index in [2.05, 4.69) is 41.0 Å². The summed E-state index contributed by atoms with van der Waals surface area (Å²) in [5.74, 6) is 0.836. The SMILES string of the molecule is CC(C)C[CH]CCCCC(C)(C)C. The van der Waals surface area contributed by atoms with E-state index in [1.807, 2.05) is 0 Å². The fourth-order valence-corrected chi connectivity index (χ4v) is 1.40. The van der Waals surface area contributed by atoms with Gasteiger partial charge in [-0.15, -0.1) is 0 Å². The van der Waals surface area contributed by atoms with Gasteiger partial charge in [0.15, 0.2) is 0 Å². The van der Waals surface area contributed by atoms with Crippen LogP contribution in [-0.2, 0) is 0 Å². The lowest BCUT2D eigenvalue weighted by Gasteiger charge is -2.17. The fourth-order valence-electron chi connectivity index (χ4n) is 1.40. The zero-order valence-corrected chi connectivity index (χ0v) is 10.2. The van der Waals surface area contributed by atoms with Crippen molar-refractivity contribution in [2.75, 3.05) is 0 Å². The summed E-state index contributed by atoms with van der Waals surface area (Å²) in [6.07, 6.45) is 9.18. The van der Waals surface area contributed by atoms with Crippen LogP contribution < -0.4 is 0 Å². The summed E-state index contributed by atoms with van der Waals surface area (Å²) in [4.78, 5) is 0. The van der Waals surface area contributed by atoms with Gasteiger partial charge in [-0.05, 0) is 30.6 Å². The predicted octanol–water partition coefficient (Wildman–Crippen LogP) is 4.84. The van der Waals surface area contributed by atoms with Gasteiger partial charge < -0.3 is 0 Å². The van der Waals surface area contributed by atoms with Crippen molar-refractivity contribution in [2.24, 2.45) is 11.3 Å². The van der Waals surface area contributed by atoms with Crippen molar-refractivity contribution in [3.05, 3.63) is 6.42 Å². The molecular weight excluding hydrogens is 156 g/mol. The molecule has 13 heavy (non-hydrogen) atoms. The Labute approximate surface area is 85.1 Å². The monoisotopic (exact) mass is 183 g/mol. The molecule has 0 atom stereocenters. The van der Waals surface area contributed by atoms with Gasteiger partial charge in [0, 0.05) is 0 Å². The van der Waals surface area contributed by atoms with Gasteiger partial charge in [0.25, 0.3) is 0 Å². The van der Waals surface area contributed by atoms with Crippen LogP contribution in [0.2, 0.25) is 0 Å². The van der Waals surface area contributed by atoms with Gasteiger partial charge in [-0.2, -0.15) is 0 Å². The zero-order valence-electron chi connectivity index (χ0n) is 10.2. The highest BCUT2D eigenvalue weighted by Gasteiger charge is 2.08. The first-order valence-corrected chi connectivity index (χ1v) is 5.73. The fraction of sp³-hybridized carbons (Fsp3) is 0.923. The van der Waals surface area contributed by atoms with Crippen molar-refractivity contribution >= 4 is 0 Å². The van der Waals surface area contributed by atoms with Crippen molar-refractivity contribution in [1.29, 1.82) is 0 Å². The molecule has 1 radical (unpaired) electrons. The van der Waals surface area contributed by atoms with Gasteiger partial charge in [-0.1, -0.05) is 53.9 Å². The van der Waals surface area contributed by atoms with Gasteiger partial charge in [-0.3, -0.25) is 0 Å². The second kappa shape index (κ2) is 6.45. The molecule has 0 aliphatic carbocycles. The minimum atomic E-state index is 0.526. The molecular formula is C13H27. The zero-order chi connectivity index (χ0) is 10.3. The van der Waals surface area contributed by atoms with Crippen LogP contribution in [0.5, 0.6) is 0 Å². The molecule has 0 N–H and O–H groups in total. The molecule has 0 bridgehead atoms. The van der Waals surface area contributed by atoms with Crippen LogP contribution in [0.25, 0.3) is 0 Å². The normalized spacial score (nSPS) is 12.5. The Bertz CT molecular complexity index is 106. The van der Waals surface area contributed by atoms with Crippen molar-refractivity contribution in [1.82, 2.24) is 0 Å². The maximum atomic E-state index is 2.45. The Morgan fingerprint density at radius 2 is 1.69 bits per heavy atom. The van der Waals surface area contributed by atoms with E-state index in [0.29, 0.717) is 5.41 Å². The third kappa shape index (κ3) is 12.0. The van der Waals surface area contributed by atoms with Gasteiger partial charge in [0.1, 0.15) is 0 Å². The maximum Gasteiger partial charge on any atom is -0.0383 e. The molecule has 0 rings (SSSR count). The van der Waals surface area contributed by atoms with Crippen LogP contribution in [-0.4, -0.2) is 0 Å². The quantitative estimate of drug-likeness (QED) is 0.517. The lowest BCUT2D eigenvalue weighted by Crippen LogP contribution is -2.03. The van der Waals surface area contributed by atoms with E-state index >= 15 is 0 Å². The summed E-state index contributed by atoms with van der Waals surface area (Å²) in [6.45, 7) is 11.5. The van der Waals surface area contributed by atoms with E-state index < -0.39 is 0 Å². The van der Waals surface area contributed by atoms with E-state index in [1.54, 1.807) is 0 Å². The molecule has 0 heteroatoms. The third-order valence-electron chi connectivity index (χ3n) is 2.22. The largest absolute Gasteiger partial charge is 0.0628 e. The highest BCUT2D eigenvalue weighted by Crippen LogP contribution is 2.22. The van der Waals surface area contributed by atoms with E-state index in [-0.39, 0.29) is 0 Å². The van der Waals surface area contributed by atoms with Crippen molar-refractivity contribution in [2.45, 2.75) is 66.7 Å². The second-order valence-corrected chi connectivity index (χ2v) is 5.72. The van der Waals surface area contributed by atoms with E-state index in [9.17, 15) is 0 Å². The van der Waals surface area contributed by atoms with Crippen LogP contribution in [0.4, 0.5) is 0 Å². The van der Waals surface area contributed by atoms with E-state index in [0.717, 1.165) is 5.92 Å². The third-order valence-corrected chi connectivity index (χ3v) is 2.22. The minimum Gasteiger partial charge on any atom is -0.0628 e.